The van der Waals surface area contributed by atoms with Crippen molar-refractivity contribution in [1.29, 1.82) is 0 Å². The van der Waals surface area contributed by atoms with Crippen LogP contribution >= 0.6 is 11.6 Å². The van der Waals surface area contributed by atoms with E-state index >= 15 is 0 Å². The lowest BCUT2D eigenvalue weighted by Crippen LogP contribution is -2.52. The van der Waals surface area contributed by atoms with Crippen LogP contribution in [0.2, 0.25) is 5.02 Å². The van der Waals surface area contributed by atoms with Gasteiger partial charge in [-0.3, -0.25) is 4.55 Å². The van der Waals surface area contributed by atoms with E-state index in [0.717, 1.165) is 10.9 Å². The van der Waals surface area contributed by atoms with E-state index in [2.05, 4.69) is 45.0 Å². The van der Waals surface area contributed by atoms with Crippen molar-refractivity contribution in [2.75, 3.05) is 14.1 Å². The molecule has 2 aromatic carbocycles. The fraction of sp³-hybridized carbons (Fsp3) is 0.478. The van der Waals surface area contributed by atoms with E-state index in [1.54, 1.807) is 18.2 Å². The van der Waals surface area contributed by atoms with Crippen molar-refractivity contribution in [1.82, 2.24) is 4.90 Å². The highest BCUT2D eigenvalue weighted by Crippen LogP contribution is 2.49. The second-order valence-corrected chi connectivity index (χ2v) is 10.3. The maximum absolute atomic E-state index is 10.4. The summed E-state index contributed by atoms with van der Waals surface area (Å²) in [6, 6.07) is 16.6. The van der Waals surface area contributed by atoms with Crippen molar-refractivity contribution in [2.24, 2.45) is 5.92 Å². The molecule has 6 heteroatoms. The summed E-state index contributed by atoms with van der Waals surface area (Å²) in [5.74, 6) is 0.733. The Morgan fingerprint density at radius 1 is 1.03 bits per heavy atom. The van der Waals surface area contributed by atoms with Gasteiger partial charge in [0.25, 0.3) is 10.1 Å². The molecule has 1 atom stereocenters. The van der Waals surface area contributed by atoms with Gasteiger partial charge in [0.2, 0.25) is 0 Å². The minimum atomic E-state index is -4.00. The predicted octanol–water partition coefficient (Wildman–Crippen LogP) is 5.67. The van der Waals surface area contributed by atoms with Gasteiger partial charge in [0.15, 0.2) is 0 Å². The molecule has 0 spiro atoms. The van der Waals surface area contributed by atoms with E-state index in [1.807, 2.05) is 12.1 Å². The fourth-order valence-corrected chi connectivity index (χ4v) is 4.75. The van der Waals surface area contributed by atoms with Crippen LogP contribution in [0.4, 0.5) is 0 Å². The molecule has 1 saturated carbocycles. The van der Waals surface area contributed by atoms with E-state index in [0.29, 0.717) is 11.5 Å². The van der Waals surface area contributed by atoms with E-state index in [-0.39, 0.29) is 4.90 Å². The molecule has 1 unspecified atom stereocenters. The molecule has 29 heavy (non-hydrogen) atoms. The van der Waals surface area contributed by atoms with E-state index in [9.17, 15) is 8.42 Å². The Bertz CT molecular complexity index is 861. The molecule has 0 aliphatic heterocycles. The Morgan fingerprint density at radius 3 is 1.93 bits per heavy atom. The van der Waals surface area contributed by atoms with Gasteiger partial charge in [0.05, 0.1) is 4.90 Å². The molecule has 0 bridgehead atoms. The topological polar surface area (TPSA) is 57.6 Å². The van der Waals surface area contributed by atoms with E-state index < -0.39 is 10.1 Å². The number of hydrogen-bond donors (Lipinski definition) is 1. The molecule has 2 aromatic rings. The molecule has 1 fully saturated rings. The first kappa shape index (κ1) is 23.9. The number of nitrogens with zero attached hydrogens (tertiary/aromatic N) is 1. The molecule has 0 amide bonds. The standard InChI is InChI=1S/C17H26ClN.C6H6O3S/c1-13(2)12-16(19(3)4)17(10-5-11-17)14-6-8-15(18)9-7-14;7-10(8,9)6-4-2-1-3-5-6/h6-9,13,16H,5,10-12H2,1-4H3;1-5H,(H,7,8,9). The van der Waals surface area contributed by atoms with Crippen molar-refractivity contribution in [3.63, 3.8) is 0 Å². The third-order valence-corrected chi connectivity index (χ3v) is 6.78. The van der Waals surface area contributed by atoms with Crippen LogP contribution in [0.3, 0.4) is 0 Å². The monoisotopic (exact) mass is 437 g/mol. The average molecular weight is 438 g/mol. The summed E-state index contributed by atoms with van der Waals surface area (Å²) in [6.45, 7) is 4.65. The first-order valence-electron chi connectivity index (χ1n) is 10.0. The SMILES string of the molecule is CC(C)CC(N(C)C)C1(c2ccc(Cl)cc2)CCC1.O=S(=O)(O)c1ccccc1. The Hall–Kier alpha value is -1.40. The normalized spacial score (nSPS) is 16.7. The zero-order chi connectivity index (χ0) is 21.7. The van der Waals surface area contributed by atoms with Crippen LogP contribution in [0.15, 0.2) is 59.5 Å². The summed E-state index contributed by atoms with van der Waals surface area (Å²) in [4.78, 5) is 2.35. The summed E-state index contributed by atoms with van der Waals surface area (Å²) >= 11 is 6.04. The lowest BCUT2D eigenvalue weighted by Gasteiger charge is -2.51. The first-order chi connectivity index (χ1) is 13.6. The Kier molecular flexibility index (Phi) is 8.29. The predicted molar refractivity (Wildman–Crippen MR) is 120 cm³/mol. The lowest BCUT2D eigenvalue weighted by atomic mass is 9.58. The molecule has 1 aliphatic carbocycles. The van der Waals surface area contributed by atoms with Crippen LogP contribution in [-0.2, 0) is 15.5 Å². The third kappa shape index (κ3) is 6.29. The van der Waals surface area contributed by atoms with Crippen LogP contribution < -0.4 is 0 Å². The number of halogens is 1. The van der Waals surface area contributed by atoms with E-state index in [1.165, 1.54) is 43.4 Å². The zero-order valence-corrected chi connectivity index (χ0v) is 19.2. The highest BCUT2D eigenvalue weighted by molar-refractivity contribution is 7.85. The fourth-order valence-electron chi connectivity index (χ4n) is 4.12. The molecule has 3 rings (SSSR count). The van der Waals surface area contributed by atoms with Crippen molar-refractivity contribution in [2.45, 2.75) is 55.9 Å². The van der Waals surface area contributed by atoms with Crippen LogP contribution in [-0.4, -0.2) is 38.0 Å². The molecule has 0 saturated heterocycles. The highest BCUT2D eigenvalue weighted by atomic mass is 35.5. The van der Waals surface area contributed by atoms with Crippen molar-refractivity contribution in [3.05, 3.63) is 65.2 Å². The quantitative estimate of drug-likeness (QED) is 0.591. The molecule has 0 radical (unpaired) electrons. The second-order valence-electron chi connectivity index (χ2n) is 8.41. The number of hydrogen-bond acceptors (Lipinski definition) is 3. The third-order valence-electron chi connectivity index (χ3n) is 5.66. The van der Waals surface area contributed by atoms with Crippen LogP contribution in [0.5, 0.6) is 0 Å². The maximum atomic E-state index is 10.4. The largest absolute Gasteiger partial charge is 0.306 e. The van der Waals surface area contributed by atoms with Crippen molar-refractivity contribution < 1.29 is 13.0 Å². The molecular formula is C23H32ClNO3S. The maximum Gasteiger partial charge on any atom is 0.294 e. The van der Waals surface area contributed by atoms with Gasteiger partial charge in [-0.1, -0.05) is 62.2 Å². The van der Waals surface area contributed by atoms with Gasteiger partial charge in [0.1, 0.15) is 0 Å². The zero-order valence-electron chi connectivity index (χ0n) is 17.7. The van der Waals surface area contributed by atoms with Gasteiger partial charge < -0.3 is 4.90 Å². The number of rotatable bonds is 6. The second kappa shape index (κ2) is 10.1. The summed E-state index contributed by atoms with van der Waals surface area (Å²) in [7, 11) is 0.448. The van der Waals surface area contributed by atoms with Gasteiger partial charge >= 0.3 is 0 Å². The molecule has 1 N–H and O–H groups in total. The lowest BCUT2D eigenvalue weighted by molar-refractivity contribution is 0.0808. The van der Waals surface area contributed by atoms with Gasteiger partial charge in [-0.2, -0.15) is 8.42 Å². The van der Waals surface area contributed by atoms with Gasteiger partial charge in [-0.15, -0.1) is 0 Å². The molecule has 0 aromatic heterocycles. The minimum Gasteiger partial charge on any atom is -0.306 e. The Morgan fingerprint density at radius 2 is 1.59 bits per heavy atom. The summed E-state index contributed by atoms with van der Waals surface area (Å²) in [5.41, 5.74) is 1.82. The number of likely N-dealkylation sites (N-methyl/N-ethyl adjacent to an activating group) is 1. The number of benzene rings is 2. The van der Waals surface area contributed by atoms with Crippen molar-refractivity contribution in [3.8, 4) is 0 Å². The average Bonchev–Trinajstić information content (AvgIpc) is 2.62. The van der Waals surface area contributed by atoms with E-state index in [4.69, 9.17) is 16.2 Å². The molecule has 160 valence electrons. The first-order valence-corrected chi connectivity index (χ1v) is 11.8. The molecule has 1 aliphatic rings. The molecular weight excluding hydrogens is 406 g/mol. The van der Waals surface area contributed by atoms with Crippen LogP contribution in [0.1, 0.15) is 45.1 Å². The van der Waals surface area contributed by atoms with Gasteiger partial charge in [0, 0.05) is 16.5 Å². The smallest absolute Gasteiger partial charge is 0.294 e. The minimum absolute atomic E-state index is 0.0741. The summed E-state index contributed by atoms with van der Waals surface area (Å²) in [5, 5.41) is 0.837. The van der Waals surface area contributed by atoms with Crippen LogP contribution in [0, 0.1) is 5.92 Å². The highest BCUT2D eigenvalue weighted by Gasteiger charge is 2.46. The van der Waals surface area contributed by atoms with Gasteiger partial charge in [-0.25, -0.2) is 0 Å². The van der Waals surface area contributed by atoms with Gasteiger partial charge in [-0.05, 0) is 69.1 Å². The Balaban J connectivity index is 0.000000253. The van der Waals surface area contributed by atoms with Crippen LogP contribution in [0.25, 0.3) is 0 Å². The molecule has 0 heterocycles. The molecule has 4 nitrogen and oxygen atoms in total. The van der Waals surface area contributed by atoms with Crippen molar-refractivity contribution >= 4 is 21.7 Å². The summed E-state index contributed by atoms with van der Waals surface area (Å²) < 4.78 is 29.2. The Labute approximate surface area is 180 Å². The summed E-state index contributed by atoms with van der Waals surface area (Å²) in [6.07, 6.45) is 5.23.